The summed E-state index contributed by atoms with van der Waals surface area (Å²) >= 11 is 0. The quantitative estimate of drug-likeness (QED) is 0.894. The van der Waals surface area contributed by atoms with Crippen molar-refractivity contribution in [1.29, 1.82) is 0 Å². The Morgan fingerprint density at radius 1 is 1.43 bits per heavy atom. The van der Waals surface area contributed by atoms with Crippen LogP contribution in [-0.2, 0) is 0 Å². The minimum atomic E-state index is -0.0862. The maximum atomic E-state index is 12.8. The molecule has 116 valence electrons. The number of carbonyl (C=O) groups is 1. The van der Waals surface area contributed by atoms with Crippen molar-refractivity contribution in [3.05, 3.63) is 23.4 Å². The van der Waals surface area contributed by atoms with Crippen LogP contribution in [0.3, 0.4) is 0 Å². The van der Waals surface area contributed by atoms with Crippen molar-refractivity contribution in [3.8, 4) is 0 Å². The summed E-state index contributed by atoms with van der Waals surface area (Å²) in [4.78, 5) is 18.9. The van der Waals surface area contributed by atoms with Crippen molar-refractivity contribution in [2.45, 2.75) is 51.5 Å². The van der Waals surface area contributed by atoms with Gasteiger partial charge in [-0.2, -0.15) is 0 Å². The topological polar surface area (TPSA) is 79.5 Å². The van der Waals surface area contributed by atoms with E-state index in [1.807, 2.05) is 19.9 Å². The van der Waals surface area contributed by atoms with Crippen LogP contribution in [-0.4, -0.2) is 40.1 Å². The molecule has 1 unspecified atom stereocenters. The molecular formula is C16H25N3O2. The van der Waals surface area contributed by atoms with Crippen molar-refractivity contribution < 1.29 is 9.90 Å². The molecule has 1 aliphatic heterocycles. The zero-order valence-electron chi connectivity index (χ0n) is 12.9. The number of hydrogen-bond acceptors (Lipinski definition) is 4. The molecule has 0 saturated carbocycles. The van der Waals surface area contributed by atoms with E-state index in [2.05, 4.69) is 4.98 Å². The van der Waals surface area contributed by atoms with Crippen molar-refractivity contribution in [3.63, 3.8) is 0 Å². The minimum absolute atomic E-state index is 0.0172. The van der Waals surface area contributed by atoms with Gasteiger partial charge in [0.25, 0.3) is 5.91 Å². The lowest BCUT2D eigenvalue weighted by Gasteiger charge is -2.29. The zero-order valence-corrected chi connectivity index (χ0v) is 12.9. The van der Waals surface area contributed by atoms with Crippen LogP contribution in [0.5, 0.6) is 0 Å². The molecule has 0 bridgehead atoms. The first-order chi connectivity index (χ1) is 10.0. The first kappa shape index (κ1) is 15.8. The molecule has 1 atom stereocenters. The standard InChI is InChI=1S/C16H25N3O2/c1-11(2)14-8-12(9-15(17)18-14)16(21)19-7-5-3-4-6-13(19)10-20/h8-9,11,13,20H,3-7,10H2,1-2H3,(H2,17,18). The summed E-state index contributed by atoms with van der Waals surface area (Å²) in [6.45, 7) is 4.77. The predicted octanol–water partition coefficient (Wildman–Crippen LogP) is 2.16. The molecule has 2 heterocycles. The van der Waals surface area contributed by atoms with Gasteiger partial charge in [-0.1, -0.05) is 26.7 Å². The summed E-state index contributed by atoms with van der Waals surface area (Å²) in [6.07, 6.45) is 4.01. The third-order valence-electron chi connectivity index (χ3n) is 4.05. The van der Waals surface area contributed by atoms with Crippen molar-refractivity contribution >= 4 is 11.7 Å². The van der Waals surface area contributed by atoms with Crippen molar-refractivity contribution in [2.24, 2.45) is 0 Å². The number of nitrogens with zero attached hydrogens (tertiary/aromatic N) is 2. The molecule has 21 heavy (non-hydrogen) atoms. The van der Waals surface area contributed by atoms with Gasteiger partial charge in [0.1, 0.15) is 5.82 Å². The number of aliphatic hydroxyl groups is 1. The van der Waals surface area contributed by atoms with Gasteiger partial charge in [0.15, 0.2) is 0 Å². The normalized spacial score (nSPS) is 19.6. The van der Waals surface area contributed by atoms with E-state index in [1.165, 1.54) is 0 Å². The summed E-state index contributed by atoms with van der Waals surface area (Å²) < 4.78 is 0. The Labute approximate surface area is 126 Å². The molecule has 1 saturated heterocycles. The van der Waals surface area contributed by atoms with E-state index in [4.69, 9.17) is 5.73 Å². The van der Waals surface area contributed by atoms with E-state index in [9.17, 15) is 9.90 Å². The summed E-state index contributed by atoms with van der Waals surface area (Å²) in [6, 6.07) is 3.37. The average molecular weight is 291 g/mol. The number of nitrogens with two attached hydrogens (primary N) is 1. The summed E-state index contributed by atoms with van der Waals surface area (Å²) in [5, 5.41) is 9.55. The van der Waals surface area contributed by atoms with E-state index in [-0.39, 0.29) is 24.5 Å². The maximum absolute atomic E-state index is 12.8. The molecular weight excluding hydrogens is 266 g/mol. The second-order valence-corrected chi connectivity index (χ2v) is 6.04. The number of pyridine rings is 1. The molecule has 1 aromatic rings. The number of rotatable bonds is 3. The second kappa shape index (κ2) is 6.89. The largest absolute Gasteiger partial charge is 0.394 e. The van der Waals surface area contributed by atoms with Crippen LogP contribution in [0, 0.1) is 0 Å². The lowest BCUT2D eigenvalue weighted by atomic mass is 10.1. The molecule has 1 aliphatic rings. The number of anilines is 1. The van der Waals surface area contributed by atoms with E-state index >= 15 is 0 Å². The highest BCUT2D eigenvalue weighted by molar-refractivity contribution is 5.95. The van der Waals surface area contributed by atoms with Crippen LogP contribution in [0.25, 0.3) is 0 Å². The molecule has 0 spiro atoms. The maximum Gasteiger partial charge on any atom is 0.254 e. The van der Waals surface area contributed by atoms with E-state index in [0.29, 0.717) is 17.9 Å². The number of aliphatic hydroxyl groups excluding tert-OH is 1. The number of hydrogen-bond donors (Lipinski definition) is 2. The Morgan fingerprint density at radius 2 is 2.19 bits per heavy atom. The van der Waals surface area contributed by atoms with E-state index in [1.54, 1.807) is 11.0 Å². The van der Waals surface area contributed by atoms with Crippen molar-refractivity contribution in [2.75, 3.05) is 18.9 Å². The summed E-state index contributed by atoms with van der Waals surface area (Å²) in [7, 11) is 0. The molecule has 3 N–H and O–H groups in total. The smallest absolute Gasteiger partial charge is 0.254 e. The van der Waals surface area contributed by atoms with Crippen LogP contribution >= 0.6 is 0 Å². The third-order valence-corrected chi connectivity index (χ3v) is 4.05. The zero-order chi connectivity index (χ0) is 15.4. The first-order valence-electron chi connectivity index (χ1n) is 7.72. The third kappa shape index (κ3) is 3.73. The van der Waals surface area contributed by atoms with Gasteiger partial charge in [-0.25, -0.2) is 4.98 Å². The van der Waals surface area contributed by atoms with Gasteiger partial charge < -0.3 is 15.7 Å². The molecule has 1 fully saturated rings. The van der Waals surface area contributed by atoms with Gasteiger partial charge in [-0.3, -0.25) is 4.79 Å². The lowest BCUT2D eigenvalue weighted by Crippen LogP contribution is -2.42. The van der Waals surface area contributed by atoms with Crippen LogP contribution in [0.15, 0.2) is 12.1 Å². The number of likely N-dealkylation sites (tertiary alicyclic amines) is 1. The predicted molar refractivity (Wildman–Crippen MR) is 83.1 cm³/mol. The second-order valence-electron chi connectivity index (χ2n) is 6.04. The highest BCUT2D eigenvalue weighted by Crippen LogP contribution is 2.22. The molecule has 0 aromatic carbocycles. The fourth-order valence-electron chi connectivity index (χ4n) is 2.79. The van der Waals surface area contributed by atoms with Crippen LogP contribution in [0.1, 0.15) is 61.5 Å². The van der Waals surface area contributed by atoms with Crippen molar-refractivity contribution in [1.82, 2.24) is 9.88 Å². The van der Waals surface area contributed by atoms with Gasteiger partial charge >= 0.3 is 0 Å². The molecule has 5 nitrogen and oxygen atoms in total. The first-order valence-corrected chi connectivity index (χ1v) is 7.72. The lowest BCUT2D eigenvalue weighted by molar-refractivity contribution is 0.0599. The van der Waals surface area contributed by atoms with Crippen LogP contribution in [0.4, 0.5) is 5.82 Å². The Morgan fingerprint density at radius 3 is 2.86 bits per heavy atom. The molecule has 0 radical (unpaired) electrons. The Balaban J connectivity index is 2.29. The van der Waals surface area contributed by atoms with Gasteiger partial charge in [0.05, 0.1) is 12.6 Å². The summed E-state index contributed by atoms with van der Waals surface area (Å²) in [5.41, 5.74) is 7.23. The van der Waals surface area contributed by atoms with Gasteiger partial charge in [-0.05, 0) is 30.9 Å². The number of nitrogen functional groups attached to an aromatic ring is 1. The number of carbonyl (C=O) groups excluding carboxylic acids is 1. The number of amides is 1. The Hall–Kier alpha value is -1.62. The molecule has 2 rings (SSSR count). The van der Waals surface area contributed by atoms with Crippen LogP contribution in [0.2, 0.25) is 0 Å². The SMILES string of the molecule is CC(C)c1cc(C(=O)N2CCCCCC2CO)cc(N)n1. The highest BCUT2D eigenvalue weighted by atomic mass is 16.3. The Bertz CT molecular complexity index is 502. The average Bonchev–Trinajstić information content (AvgIpc) is 2.70. The Kier molecular flexibility index (Phi) is 5.17. The van der Waals surface area contributed by atoms with Gasteiger partial charge in [-0.15, -0.1) is 0 Å². The fraction of sp³-hybridized carbons (Fsp3) is 0.625. The molecule has 1 aromatic heterocycles. The molecule has 1 amide bonds. The van der Waals surface area contributed by atoms with Gasteiger partial charge in [0.2, 0.25) is 0 Å². The van der Waals surface area contributed by atoms with Crippen LogP contribution < -0.4 is 5.73 Å². The minimum Gasteiger partial charge on any atom is -0.394 e. The molecule has 0 aliphatic carbocycles. The van der Waals surface area contributed by atoms with E-state index < -0.39 is 0 Å². The fourth-order valence-corrected chi connectivity index (χ4v) is 2.79. The highest BCUT2D eigenvalue weighted by Gasteiger charge is 2.26. The van der Waals surface area contributed by atoms with E-state index in [0.717, 1.165) is 31.4 Å². The molecule has 5 heteroatoms. The summed E-state index contributed by atoms with van der Waals surface area (Å²) in [5.74, 6) is 0.546. The number of aromatic nitrogens is 1. The van der Waals surface area contributed by atoms with Gasteiger partial charge in [0, 0.05) is 17.8 Å². The monoisotopic (exact) mass is 291 g/mol.